The van der Waals surface area contributed by atoms with Gasteiger partial charge in [0.15, 0.2) is 0 Å². The lowest BCUT2D eigenvalue weighted by molar-refractivity contribution is -0.140. The van der Waals surface area contributed by atoms with Gasteiger partial charge in [0.25, 0.3) is 11.7 Å². The molecule has 1 aliphatic heterocycles. The number of hydrogen-bond donors (Lipinski definition) is 2. The predicted octanol–water partition coefficient (Wildman–Crippen LogP) is 4.30. The Kier molecular flexibility index (Phi) is 8.06. The van der Waals surface area contributed by atoms with E-state index in [2.05, 4.69) is 0 Å². The zero-order valence-corrected chi connectivity index (χ0v) is 20.3. The largest absolute Gasteiger partial charge is 0.508 e. The molecule has 34 heavy (non-hydrogen) atoms. The van der Waals surface area contributed by atoms with Crippen LogP contribution in [0.2, 0.25) is 5.02 Å². The van der Waals surface area contributed by atoms with Gasteiger partial charge < -0.3 is 29.3 Å². The van der Waals surface area contributed by atoms with Gasteiger partial charge >= 0.3 is 0 Å². The Balaban J connectivity index is 2.13. The van der Waals surface area contributed by atoms with E-state index >= 15 is 0 Å². The predicted molar refractivity (Wildman–Crippen MR) is 127 cm³/mol. The third-order valence-electron chi connectivity index (χ3n) is 5.45. The minimum Gasteiger partial charge on any atom is -0.508 e. The van der Waals surface area contributed by atoms with Crippen LogP contribution in [0.25, 0.3) is 5.76 Å². The Bertz CT molecular complexity index is 1110. The number of rotatable bonds is 9. The molecular weight excluding hydrogens is 462 g/mol. The Labute approximate surface area is 203 Å². The van der Waals surface area contributed by atoms with Gasteiger partial charge in [-0.3, -0.25) is 9.59 Å². The molecule has 0 saturated carbocycles. The summed E-state index contributed by atoms with van der Waals surface area (Å²) in [7, 11) is 2.84. The quantitative estimate of drug-likeness (QED) is 0.234. The van der Waals surface area contributed by atoms with Crippen LogP contribution in [0.5, 0.6) is 17.2 Å². The molecule has 182 valence electrons. The van der Waals surface area contributed by atoms with E-state index in [1.807, 2.05) is 13.8 Å². The summed E-state index contributed by atoms with van der Waals surface area (Å²) < 4.78 is 16.1. The molecule has 1 fully saturated rings. The molecule has 8 nitrogen and oxygen atoms in total. The molecule has 3 rings (SSSR count). The Morgan fingerprint density at radius 2 is 1.82 bits per heavy atom. The smallest absolute Gasteiger partial charge is 0.295 e. The minimum absolute atomic E-state index is 0.0312. The zero-order chi connectivity index (χ0) is 25.0. The number of Topliss-reactive ketones (excluding diaryl/α,β-unsaturated/α-hetero) is 1. The van der Waals surface area contributed by atoms with Crippen LogP contribution in [0.1, 0.15) is 37.4 Å². The molecule has 1 heterocycles. The number of phenolic OH excluding ortho intramolecular Hbond substituents is 1. The summed E-state index contributed by atoms with van der Waals surface area (Å²) in [6.45, 7) is 4.43. The van der Waals surface area contributed by atoms with Crippen LogP contribution in [0.4, 0.5) is 0 Å². The second kappa shape index (κ2) is 10.8. The normalized spacial score (nSPS) is 17.5. The summed E-state index contributed by atoms with van der Waals surface area (Å²) >= 11 is 6.26. The van der Waals surface area contributed by atoms with Gasteiger partial charge in [0.05, 0.1) is 42.5 Å². The third-order valence-corrected chi connectivity index (χ3v) is 5.74. The van der Waals surface area contributed by atoms with E-state index < -0.39 is 23.5 Å². The monoisotopic (exact) mass is 489 g/mol. The SMILES string of the molecule is COc1cc(OC)c(/C(O)=C2\C(=O)C(=O)N(CCCOC(C)C)C2c2cccc(O)c2)cc1Cl. The van der Waals surface area contributed by atoms with Gasteiger partial charge in [-0.05, 0) is 44.0 Å². The maximum atomic E-state index is 13.1. The summed E-state index contributed by atoms with van der Waals surface area (Å²) in [6.07, 6.45) is 0.516. The average Bonchev–Trinajstić information content (AvgIpc) is 3.06. The van der Waals surface area contributed by atoms with Crippen LogP contribution in [-0.2, 0) is 14.3 Å². The fraction of sp³-hybridized carbons (Fsp3) is 0.360. The number of benzene rings is 2. The number of nitrogens with zero attached hydrogens (tertiary/aromatic N) is 1. The van der Waals surface area contributed by atoms with Crippen molar-refractivity contribution >= 4 is 29.1 Å². The van der Waals surface area contributed by atoms with Crippen LogP contribution in [-0.4, -0.2) is 60.3 Å². The maximum Gasteiger partial charge on any atom is 0.295 e. The molecular formula is C25H28ClNO7. The molecule has 1 aliphatic rings. The standard InChI is InChI=1S/C25H28ClNO7/c1-14(2)34-10-6-9-27-22(15-7-5-8-16(28)11-15)21(24(30)25(27)31)23(29)17-12-18(26)20(33-4)13-19(17)32-3/h5,7-8,11-14,22,28-29H,6,9-10H2,1-4H3/b23-21+. The van der Waals surface area contributed by atoms with Gasteiger partial charge in [0.2, 0.25) is 0 Å². The fourth-order valence-electron chi connectivity index (χ4n) is 3.90. The van der Waals surface area contributed by atoms with E-state index in [-0.39, 0.29) is 40.3 Å². The maximum absolute atomic E-state index is 13.1. The van der Waals surface area contributed by atoms with Crippen LogP contribution < -0.4 is 9.47 Å². The Hall–Kier alpha value is -3.23. The number of likely N-dealkylation sites (tertiary alicyclic amines) is 1. The van der Waals surface area contributed by atoms with Crippen molar-refractivity contribution in [2.45, 2.75) is 32.4 Å². The van der Waals surface area contributed by atoms with Crippen molar-refractivity contribution in [3.8, 4) is 17.2 Å². The highest BCUT2D eigenvalue weighted by Crippen LogP contribution is 2.43. The minimum atomic E-state index is -0.920. The van der Waals surface area contributed by atoms with E-state index in [1.165, 1.54) is 43.4 Å². The summed E-state index contributed by atoms with van der Waals surface area (Å²) in [5, 5.41) is 21.5. The molecule has 1 atom stereocenters. The first-order valence-corrected chi connectivity index (χ1v) is 11.2. The molecule has 2 N–H and O–H groups in total. The number of methoxy groups -OCH3 is 2. The van der Waals surface area contributed by atoms with Crippen molar-refractivity contribution in [1.29, 1.82) is 0 Å². The number of aromatic hydroxyl groups is 1. The van der Waals surface area contributed by atoms with Crippen molar-refractivity contribution in [1.82, 2.24) is 4.90 Å². The molecule has 0 aromatic heterocycles. The number of ether oxygens (including phenoxy) is 3. The topological polar surface area (TPSA) is 106 Å². The van der Waals surface area contributed by atoms with Crippen molar-refractivity contribution in [2.75, 3.05) is 27.4 Å². The van der Waals surface area contributed by atoms with E-state index in [1.54, 1.807) is 12.1 Å². The van der Waals surface area contributed by atoms with Crippen molar-refractivity contribution in [2.24, 2.45) is 0 Å². The molecule has 0 spiro atoms. The van der Waals surface area contributed by atoms with E-state index in [0.29, 0.717) is 24.3 Å². The number of aliphatic hydroxyl groups excluding tert-OH is 1. The van der Waals surface area contributed by atoms with Gasteiger partial charge in [-0.25, -0.2) is 0 Å². The van der Waals surface area contributed by atoms with Crippen LogP contribution in [0.15, 0.2) is 42.0 Å². The number of halogens is 1. The summed E-state index contributed by atoms with van der Waals surface area (Å²) in [5.74, 6) is -1.52. The molecule has 0 bridgehead atoms. The molecule has 9 heteroatoms. The number of carbonyl (C=O) groups excluding carboxylic acids is 2. The number of phenols is 1. The van der Waals surface area contributed by atoms with Gasteiger partial charge in [-0.2, -0.15) is 0 Å². The van der Waals surface area contributed by atoms with Crippen LogP contribution >= 0.6 is 11.6 Å². The number of amides is 1. The molecule has 0 aliphatic carbocycles. The molecule has 1 saturated heterocycles. The molecule has 0 radical (unpaired) electrons. The lowest BCUT2D eigenvalue weighted by atomic mass is 9.94. The Morgan fingerprint density at radius 1 is 1.12 bits per heavy atom. The first-order chi connectivity index (χ1) is 16.2. The molecule has 1 unspecified atom stereocenters. The van der Waals surface area contributed by atoms with Gasteiger partial charge in [0.1, 0.15) is 23.0 Å². The molecule has 1 amide bonds. The third kappa shape index (κ3) is 5.13. The van der Waals surface area contributed by atoms with Crippen molar-refractivity contribution in [3.63, 3.8) is 0 Å². The van der Waals surface area contributed by atoms with Gasteiger partial charge in [-0.1, -0.05) is 23.7 Å². The molecule has 2 aromatic carbocycles. The Morgan fingerprint density at radius 3 is 2.44 bits per heavy atom. The lowest BCUT2D eigenvalue weighted by Crippen LogP contribution is -2.31. The summed E-state index contributed by atoms with van der Waals surface area (Å²) in [5.41, 5.74) is 0.489. The highest BCUT2D eigenvalue weighted by atomic mass is 35.5. The molecule has 2 aromatic rings. The van der Waals surface area contributed by atoms with E-state index in [0.717, 1.165) is 0 Å². The number of carbonyl (C=O) groups is 2. The first kappa shape index (κ1) is 25.4. The second-order valence-corrected chi connectivity index (χ2v) is 8.45. The van der Waals surface area contributed by atoms with Crippen molar-refractivity contribution < 1.29 is 34.0 Å². The number of ketones is 1. The second-order valence-electron chi connectivity index (χ2n) is 8.05. The summed E-state index contributed by atoms with van der Waals surface area (Å²) in [6, 6.07) is 8.21. The highest BCUT2D eigenvalue weighted by Gasteiger charge is 2.46. The fourth-order valence-corrected chi connectivity index (χ4v) is 4.14. The van der Waals surface area contributed by atoms with Crippen molar-refractivity contribution in [3.05, 3.63) is 58.1 Å². The summed E-state index contributed by atoms with van der Waals surface area (Å²) in [4.78, 5) is 27.5. The van der Waals surface area contributed by atoms with E-state index in [4.69, 9.17) is 25.8 Å². The van der Waals surface area contributed by atoms with Gasteiger partial charge in [-0.15, -0.1) is 0 Å². The number of aliphatic hydroxyl groups is 1. The average molecular weight is 490 g/mol. The van der Waals surface area contributed by atoms with Crippen LogP contribution in [0.3, 0.4) is 0 Å². The van der Waals surface area contributed by atoms with E-state index in [9.17, 15) is 19.8 Å². The lowest BCUT2D eigenvalue weighted by Gasteiger charge is -2.25. The van der Waals surface area contributed by atoms with Gasteiger partial charge in [0, 0.05) is 19.2 Å². The van der Waals surface area contributed by atoms with Crippen LogP contribution in [0, 0.1) is 0 Å². The number of hydrogen-bond acceptors (Lipinski definition) is 7. The highest BCUT2D eigenvalue weighted by molar-refractivity contribution is 6.46. The first-order valence-electron chi connectivity index (χ1n) is 10.8. The zero-order valence-electron chi connectivity index (χ0n) is 19.5.